The van der Waals surface area contributed by atoms with Crippen molar-refractivity contribution in [3.63, 3.8) is 0 Å². The molecule has 1 rings (SSSR count). The molecule has 1 N–H and O–H groups in total. The van der Waals surface area contributed by atoms with Crippen molar-refractivity contribution in [2.45, 2.75) is 39.8 Å². The van der Waals surface area contributed by atoms with E-state index in [4.69, 9.17) is 0 Å². The third-order valence-electron chi connectivity index (χ3n) is 2.42. The Morgan fingerprint density at radius 2 is 1.84 bits per heavy atom. The minimum atomic E-state index is -2.78. The summed E-state index contributed by atoms with van der Waals surface area (Å²) in [6.07, 6.45) is 2.02. The number of hydrogen-bond donors (Lipinski definition) is 1. The molecule has 0 amide bonds. The average molecular weight is 269 g/mol. The molecule has 0 radical (unpaired) electrons. The van der Waals surface area contributed by atoms with Gasteiger partial charge in [0.05, 0.1) is 0 Å². The van der Waals surface area contributed by atoms with Crippen LogP contribution >= 0.6 is 0 Å². The molecule has 0 aliphatic rings. The first-order valence-corrected chi connectivity index (χ1v) is 6.23. The zero-order chi connectivity index (χ0) is 14.5. The minimum absolute atomic E-state index is 0.0735. The van der Waals surface area contributed by atoms with Crippen LogP contribution in [0.2, 0.25) is 0 Å². The first kappa shape index (κ1) is 15.6. The fourth-order valence-electron chi connectivity index (χ4n) is 1.49. The maximum atomic E-state index is 12.0. The van der Waals surface area contributed by atoms with Crippen molar-refractivity contribution < 1.29 is 13.5 Å². The van der Waals surface area contributed by atoms with Gasteiger partial charge in [-0.1, -0.05) is 23.8 Å². The van der Waals surface area contributed by atoms with Gasteiger partial charge >= 0.3 is 6.61 Å². The van der Waals surface area contributed by atoms with E-state index in [9.17, 15) is 8.78 Å². The predicted molar refractivity (Wildman–Crippen MR) is 74.5 cm³/mol. The van der Waals surface area contributed by atoms with Crippen molar-refractivity contribution in [3.8, 4) is 5.75 Å². The topological polar surface area (TPSA) is 21.3 Å². The van der Waals surface area contributed by atoms with Gasteiger partial charge in [-0.25, -0.2) is 0 Å². The molecule has 0 spiro atoms. The third kappa shape index (κ3) is 6.91. The lowest BCUT2D eigenvalue weighted by Gasteiger charge is -2.20. The van der Waals surface area contributed by atoms with Gasteiger partial charge in [0.1, 0.15) is 5.75 Å². The molecule has 0 aromatic heterocycles. The second-order valence-corrected chi connectivity index (χ2v) is 5.54. The first-order chi connectivity index (χ1) is 8.76. The molecule has 106 valence electrons. The first-order valence-electron chi connectivity index (χ1n) is 6.23. The molecule has 0 bridgehead atoms. The molecule has 2 nitrogen and oxygen atoms in total. The van der Waals surface area contributed by atoms with Crippen molar-refractivity contribution in [2.24, 2.45) is 0 Å². The van der Waals surface area contributed by atoms with Crippen molar-refractivity contribution >= 4 is 6.08 Å². The molecule has 0 heterocycles. The second kappa shape index (κ2) is 6.66. The molecule has 1 aromatic rings. The van der Waals surface area contributed by atoms with E-state index in [-0.39, 0.29) is 11.3 Å². The highest BCUT2D eigenvalue weighted by Crippen LogP contribution is 2.16. The molecule has 0 atom stereocenters. The molecule has 0 fully saturated rings. The molecule has 0 saturated carbocycles. The lowest BCUT2D eigenvalue weighted by molar-refractivity contribution is -0.0498. The molecule has 4 heteroatoms. The van der Waals surface area contributed by atoms with E-state index in [2.05, 4.69) is 30.8 Å². The lowest BCUT2D eigenvalue weighted by Crippen LogP contribution is -2.36. The fourth-order valence-corrected chi connectivity index (χ4v) is 1.49. The smallest absolute Gasteiger partial charge is 0.387 e. The van der Waals surface area contributed by atoms with E-state index in [1.165, 1.54) is 5.57 Å². The number of rotatable bonds is 5. The Bertz CT molecular complexity index is 419. The molecule has 0 aliphatic heterocycles. The van der Waals surface area contributed by atoms with Crippen molar-refractivity contribution in [2.75, 3.05) is 6.54 Å². The van der Waals surface area contributed by atoms with E-state index in [1.807, 2.05) is 13.0 Å². The summed E-state index contributed by atoms with van der Waals surface area (Å²) in [6.45, 7) is 6.37. The summed E-state index contributed by atoms with van der Waals surface area (Å²) >= 11 is 0. The van der Waals surface area contributed by atoms with Crippen LogP contribution < -0.4 is 10.1 Å². The Kier molecular flexibility index (Phi) is 5.48. The molecule has 19 heavy (non-hydrogen) atoms. The molecule has 0 saturated heterocycles. The fraction of sp³-hybridized carbons (Fsp3) is 0.467. The van der Waals surface area contributed by atoms with Crippen LogP contribution in [0.5, 0.6) is 5.75 Å². The Balaban J connectivity index is 2.60. The van der Waals surface area contributed by atoms with Crippen LogP contribution in [0.4, 0.5) is 8.78 Å². The van der Waals surface area contributed by atoms with E-state index in [1.54, 1.807) is 24.3 Å². The van der Waals surface area contributed by atoms with Crippen LogP contribution in [-0.4, -0.2) is 18.7 Å². The summed E-state index contributed by atoms with van der Waals surface area (Å²) in [4.78, 5) is 0. The molecule has 1 aromatic carbocycles. The van der Waals surface area contributed by atoms with E-state index >= 15 is 0 Å². The number of benzene rings is 1. The Hall–Kier alpha value is -1.42. The third-order valence-corrected chi connectivity index (χ3v) is 2.42. The number of hydrogen-bond acceptors (Lipinski definition) is 2. The summed E-state index contributed by atoms with van der Waals surface area (Å²) in [5.74, 6) is 0.178. The van der Waals surface area contributed by atoms with Gasteiger partial charge in [-0.15, -0.1) is 0 Å². The van der Waals surface area contributed by atoms with E-state index < -0.39 is 6.61 Å². The molecule has 0 unspecified atom stereocenters. The highest BCUT2D eigenvalue weighted by Gasteiger charge is 2.08. The number of nitrogens with one attached hydrogen (secondary N) is 1. The molecular formula is C15H21F2NO. The normalized spacial score (nSPS) is 12.9. The average Bonchev–Trinajstić information content (AvgIpc) is 2.28. The van der Waals surface area contributed by atoms with Crippen LogP contribution in [0.1, 0.15) is 33.3 Å². The van der Waals surface area contributed by atoms with Crippen LogP contribution in [0.3, 0.4) is 0 Å². The van der Waals surface area contributed by atoms with Crippen LogP contribution in [0.15, 0.2) is 29.8 Å². The lowest BCUT2D eigenvalue weighted by atomic mass is 10.1. The maximum absolute atomic E-state index is 12.0. The summed E-state index contributed by atoms with van der Waals surface area (Å²) in [5, 5.41) is 3.39. The Labute approximate surface area is 113 Å². The molecular weight excluding hydrogens is 248 g/mol. The molecule has 0 aliphatic carbocycles. The highest BCUT2D eigenvalue weighted by atomic mass is 19.3. The van der Waals surface area contributed by atoms with Gasteiger partial charge in [-0.2, -0.15) is 8.78 Å². The summed E-state index contributed by atoms with van der Waals surface area (Å²) < 4.78 is 28.3. The summed E-state index contributed by atoms with van der Waals surface area (Å²) in [7, 11) is 0. The quantitative estimate of drug-likeness (QED) is 0.869. The second-order valence-electron chi connectivity index (χ2n) is 5.54. The SMILES string of the molecule is CC(=Cc1ccc(OC(F)F)cc1)CNC(C)(C)C. The van der Waals surface area contributed by atoms with Gasteiger partial charge in [0.2, 0.25) is 0 Å². The van der Waals surface area contributed by atoms with Gasteiger partial charge < -0.3 is 10.1 Å². The standard InChI is InChI=1S/C15H21F2NO/c1-11(10-18-15(2,3)4)9-12-5-7-13(8-6-12)19-14(16)17/h5-9,14,18H,10H2,1-4H3. The van der Waals surface area contributed by atoms with Crippen molar-refractivity contribution in [1.82, 2.24) is 5.32 Å². The monoisotopic (exact) mass is 269 g/mol. The Morgan fingerprint density at radius 3 is 2.32 bits per heavy atom. The number of alkyl halides is 2. The van der Waals surface area contributed by atoms with Crippen LogP contribution in [0.25, 0.3) is 6.08 Å². The largest absolute Gasteiger partial charge is 0.435 e. The van der Waals surface area contributed by atoms with E-state index in [0.717, 1.165) is 12.1 Å². The zero-order valence-corrected chi connectivity index (χ0v) is 11.8. The van der Waals surface area contributed by atoms with Crippen LogP contribution in [0, 0.1) is 0 Å². The van der Waals surface area contributed by atoms with Gasteiger partial charge in [0.15, 0.2) is 0 Å². The summed E-state index contributed by atoms with van der Waals surface area (Å²) in [5.41, 5.74) is 2.22. The van der Waals surface area contributed by atoms with Gasteiger partial charge in [-0.3, -0.25) is 0 Å². The zero-order valence-electron chi connectivity index (χ0n) is 11.8. The van der Waals surface area contributed by atoms with E-state index in [0.29, 0.717) is 0 Å². The van der Waals surface area contributed by atoms with Gasteiger partial charge in [-0.05, 0) is 45.4 Å². The van der Waals surface area contributed by atoms with Crippen LogP contribution in [-0.2, 0) is 0 Å². The summed E-state index contributed by atoms with van der Waals surface area (Å²) in [6, 6.07) is 6.61. The van der Waals surface area contributed by atoms with Gasteiger partial charge in [0, 0.05) is 12.1 Å². The number of ether oxygens (including phenoxy) is 1. The Morgan fingerprint density at radius 1 is 1.26 bits per heavy atom. The minimum Gasteiger partial charge on any atom is -0.435 e. The van der Waals surface area contributed by atoms with Gasteiger partial charge in [0.25, 0.3) is 0 Å². The predicted octanol–water partition coefficient (Wildman–Crippen LogP) is 4.08. The number of halogens is 2. The highest BCUT2D eigenvalue weighted by molar-refractivity contribution is 5.53. The van der Waals surface area contributed by atoms with Crippen molar-refractivity contribution in [1.29, 1.82) is 0 Å². The van der Waals surface area contributed by atoms with Crippen molar-refractivity contribution in [3.05, 3.63) is 35.4 Å². The maximum Gasteiger partial charge on any atom is 0.387 e.